The fraction of sp³-hybridized carbons (Fsp3) is 0.312. The van der Waals surface area contributed by atoms with Crippen molar-refractivity contribution in [1.29, 1.82) is 0 Å². The van der Waals surface area contributed by atoms with E-state index in [1.165, 1.54) is 12.3 Å². The Kier molecular flexibility index (Phi) is 9.28. The van der Waals surface area contributed by atoms with Gasteiger partial charge in [-0.3, -0.25) is 13.9 Å². The van der Waals surface area contributed by atoms with Crippen LogP contribution >= 0.6 is 0 Å². The summed E-state index contributed by atoms with van der Waals surface area (Å²) in [6.07, 6.45) is -2.37. The highest BCUT2D eigenvalue weighted by molar-refractivity contribution is 5.27. The Bertz CT molecular complexity index is 1560. The van der Waals surface area contributed by atoms with Crippen molar-refractivity contribution in [3.05, 3.63) is 135 Å². The number of hydrogen-bond donors (Lipinski definition) is 1. The van der Waals surface area contributed by atoms with E-state index >= 15 is 0 Å². The maximum absolute atomic E-state index is 14.8. The molecule has 1 N–H and O–H groups in total. The first kappa shape index (κ1) is 29.4. The predicted molar refractivity (Wildman–Crippen MR) is 153 cm³/mol. The monoisotopic (exact) mass is 576 g/mol. The lowest BCUT2D eigenvalue weighted by Crippen LogP contribution is -2.53. The summed E-state index contributed by atoms with van der Waals surface area (Å²) >= 11 is 0. The smallest absolute Gasteiger partial charge is 0.333 e. The Hall–Kier alpha value is -4.09. The van der Waals surface area contributed by atoms with Gasteiger partial charge in [-0.1, -0.05) is 72.8 Å². The van der Waals surface area contributed by atoms with Gasteiger partial charge in [0.25, 0.3) is 5.56 Å². The molecule has 4 atom stereocenters. The van der Waals surface area contributed by atoms with Gasteiger partial charge >= 0.3 is 5.69 Å². The molecule has 0 saturated carbocycles. The van der Waals surface area contributed by atoms with Gasteiger partial charge in [-0.25, -0.2) is 9.18 Å². The summed E-state index contributed by atoms with van der Waals surface area (Å²) in [6, 6.07) is 26.9. The number of hydrogen-bond acceptors (Lipinski definition) is 7. The number of benzene rings is 3. The van der Waals surface area contributed by atoms with Gasteiger partial charge in [0.1, 0.15) is 24.6 Å². The van der Waals surface area contributed by atoms with Gasteiger partial charge in [-0.2, -0.15) is 0 Å². The first-order valence-corrected chi connectivity index (χ1v) is 13.6. The number of rotatable bonds is 12. The van der Waals surface area contributed by atoms with E-state index in [1.54, 1.807) is 31.4 Å². The summed E-state index contributed by atoms with van der Waals surface area (Å²) in [5.41, 5.74) is -1.14. The second kappa shape index (κ2) is 13.3. The van der Waals surface area contributed by atoms with E-state index in [0.29, 0.717) is 11.3 Å². The molecule has 9 nitrogen and oxygen atoms in total. The van der Waals surface area contributed by atoms with Crippen LogP contribution in [0.3, 0.4) is 0 Å². The number of methoxy groups -OCH3 is 1. The van der Waals surface area contributed by atoms with E-state index in [4.69, 9.17) is 18.9 Å². The standard InChI is InChI=1S/C32H33FN2O7/c1-39-26-14-12-23(13-15-26)18-35-28(36)16-17-34(31(35)37)30-32(38,22-33)29(41-20-25-10-6-3-7-11-25)27(42-30)21-40-19-24-8-4-2-5-9-24/h2-17,27,29-30,38H,18-22H2,1H3/t27-,29-,30-,32-/m1/s1. The summed E-state index contributed by atoms with van der Waals surface area (Å²) in [5, 5.41) is 11.7. The molecule has 0 amide bonds. The summed E-state index contributed by atoms with van der Waals surface area (Å²) in [6.45, 7) is -1.01. The van der Waals surface area contributed by atoms with Crippen molar-refractivity contribution in [2.24, 2.45) is 0 Å². The van der Waals surface area contributed by atoms with Crippen LogP contribution in [0.4, 0.5) is 4.39 Å². The lowest BCUT2D eigenvalue weighted by atomic mass is 9.95. The molecular weight excluding hydrogens is 543 g/mol. The average molecular weight is 577 g/mol. The van der Waals surface area contributed by atoms with Crippen LogP contribution < -0.4 is 16.0 Å². The molecule has 3 aromatic carbocycles. The van der Waals surface area contributed by atoms with E-state index in [0.717, 1.165) is 20.3 Å². The van der Waals surface area contributed by atoms with Crippen molar-refractivity contribution in [2.45, 2.75) is 43.8 Å². The molecule has 2 heterocycles. The Labute approximate surface area is 242 Å². The minimum atomic E-state index is -2.25. The zero-order valence-electron chi connectivity index (χ0n) is 23.2. The fourth-order valence-corrected chi connectivity index (χ4v) is 5.04. The summed E-state index contributed by atoms with van der Waals surface area (Å²) in [4.78, 5) is 26.3. The Morgan fingerprint density at radius 3 is 2.14 bits per heavy atom. The maximum Gasteiger partial charge on any atom is 0.333 e. The van der Waals surface area contributed by atoms with Crippen LogP contribution in [0.2, 0.25) is 0 Å². The summed E-state index contributed by atoms with van der Waals surface area (Å²) in [5.74, 6) is 0.631. The third kappa shape index (κ3) is 6.37. The van der Waals surface area contributed by atoms with Crippen molar-refractivity contribution < 1.29 is 28.4 Å². The third-order valence-electron chi connectivity index (χ3n) is 7.29. The Morgan fingerprint density at radius 1 is 0.881 bits per heavy atom. The van der Waals surface area contributed by atoms with Gasteiger partial charge in [0.2, 0.25) is 0 Å². The van der Waals surface area contributed by atoms with Gasteiger partial charge in [-0.15, -0.1) is 0 Å². The van der Waals surface area contributed by atoms with Crippen LogP contribution in [0, 0.1) is 0 Å². The zero-order chi connectivity index (χ0) is 29.5. The highest BCUT2D eigenvalue weighted by Gasteiger charge is 2.58. The summed E-state index contributed by atoms with van der Waals surface area (Å²) in [7, 11) is 1.54. The first-order valence-electron chi connectivity index (χ1n) is 13.6. The van der Waals surface area contributed by atoms with Crippen molar-refractivity contribution in [3.63, 3.8) is 0 Å². The minimum absolute atomic E-state index is 0.0343. The minimum Gasteiger partial charge on any atom is -0.497 e. The first-order chi connectivity index (χ1) is 20.4. The molecule has 1 aliphatic rings. The van der Waals surface area contributed by atoms with Crippen LogP contribution in [0.25, 0.3) is 0 Å². The number of halogens is 1. The van der Waals surface area contributed by atoms with E-state index in [1.807, 2.05) is 60.7 Å². The molecule has 1 saturated heterocycles. The lowest BCUT2D eigenvalue weighted by molar-refractivity contribution is -0.138. The zero-order valence-corrected chi connectivity index (χ0v) is 23.2. The topological polar surface area (TPSA) is 101 Å². The summed E-state index contributed by atoms with van der Waals surface area (Å²) < 4.78 is 40.2. The van der Waals surface area contributed by atoms with E-state index < -0.39 is 42.0 Å². The molecule has 0 bridgehead atoms. The third-order valence-corrected chi connectivity index (χ3v) is 7.29. The van der Waals surface area contributed by atoms with Gasteiger partial charge in [0.05, 0.1) is 33.5 Å². The number of aliphatic hydroxyl groups is 1. The fourth-order valence-electron chi connectivity index (χ4n) is 5.04. The molecule has 0 radical (unpaired) electrons. The van der Waals surface area contributed by atoms with Gasteiger partial charge in [-0.05, 0) is 28.8 Å². The molecule has 1 aliphatic heterocycles. The number of nitrogens with zero attached hydrogens (tertiary/aromatic N) is 2. The number of alkyl halides is 1. The van der Waals surface area contributed by atoms with Crippen LogP contribution in [-0.4, -0.2) is 52.4 Å². The predicted octanol–water partition coefficient (Wildman–Crippen LogP) is 3.47. The SMILES string of the molecule is COc1ccc(Cn2c(=O)ccn([C@@H]3O[C@H](COCc4ccccc4)[C@@H](OCc4ccccc4)[C@]3(O)CF)c2=O)cc1. The van der Waals surface area contributed by atoms with Crippen LogP contribution in [0.5, 0.6) is 5.75 Å². The molecule has 10 heteroatoms. The number of ether oxygens (including phenoxy) is 4. The Balaban J connectivity index is 1.44. The molecule has 0 aliphatic carbocycles. The van der Waals surface area contributed by atoms with Gasteiger partial charge < -0.3 is 24.1 Å². The van der Waals surface area contributed by atoms with E-state index in [-0.39, 0.29) is 26.4 Å². The molecule has 42 heavy (non-hydrogen) atoms. The lowest BCUT2D eigenvalue weighted by Gasteiger charge is -2.31. The van der Waals surface area contributed by atoms with Crippen molar-refractivity contribution in [3.8, 4) is 5.75 Å². The molecule has 4 aromatic rings. The van der Waals surface area contributed by atoms with Gasteiger partial charge in [0, 0.05) is 12.3 Å². The van der Waals surface area contributed by atoms with Crippen molar-refractivity contribution in [2.75, 3.05) is 20.4 Å². The van der Waals surface area contributed by atoms with Crippen LogP contribution in [-0.2, 0) is 34.0 Å². The molecule has 1 aromatic heterocycles. The van der Waals surface area contributed by atoms with Crippen molar-refractivity contribution in [1.82, 2.24) is 9.13 Å². The van der Waals surface area contributed by atoms with Crippen LogP contribution in [0.1, 0.15) is 22.9 Å². The second-order valence-corrected chi connectivity index (χ2v) is 10.1. The van der Waals surface area contributed by atoms with E-state index in [2.05, 4.69) is 0 Å². The molecule has 220 valence electrons. The number of aromatic nitrogens is 2. The molecular formula is C32H33FN2O7. The van der Waals surface area contributed by atoms with Crippen molar-refractivity contribution >= 4 is 0 Å². The van der Waals surface area contributed by atoms with E-state index in [9.17, 15) is 19.1 Å². The normalized spacial score (nSPS) is 21.8. The molecule has 0 spiro atoms. The molecule has 1 fully saturated rings. The van der Waals surface area contributed by atoms with Gasteiger partial charge in [0.15, 0.2) is 11.8 Å². The average Bonchev–Trinajstić information content (AvgIpc) is 3.30. The molecule has 0 unspecified atom stereocenters. The largest absolute Gasteiger partial charge is 0.497 e. The van der Waals surface area contributed by atoms with Crippen LogP contribution in [0.15, 0.2) is 107 Å². The molecule has 5 rings (SSSR count). The maximum atomic E-state index is 14.8. The quantitative estimate of drug-likeness (QED) is 0.276. The highest BCUT2D eigenvalue weighted by Crippen LogP contribution is 2.40. The second-order valence-electron chi connectivity index (χ2n) is 10.1. The highest BCUT2D eigenvalue weighted by atomic mass is 19.1. The Morgan fingerprint density at radius 2 is 1.52 bits per heavy atom.